The molecule has 0 fully saturated rings. The van der Waals surface area contributed by atoms with E-state index in [9.17, 15) is 13.2 Å². The molecule has 0 radical (unpaired) electrons. The highest BCUT2D eigenvalue weighted by Gasteiger charge is 2.30. The molecule has 6 heteroatoms. The number of nitrogen functional groups attached to an aromatic ring is 1. The van der Waals surface area contributed by atoms with Gasteiger partial charge in [0.15, 0.2) is 0 Å². The van der Waals surface area contributed by atoms with Crippen molar-refractivity contribution >= 4 is 5.88 Å². The van der Waals surface area contributed by atoms with Crippen LogP contribution in [0.5, 0.6) is 0 Å². The second-order valence-corrected chi connectivity index (χ2v) is 3.58. The van der Waals surface area contributed by atoms with E-state index in [-0.39, 0.29) is 5.88 Å². The van der Waals surface area contributed by atoms with Crippen molar-refractivity contribution in [2.45, 2.75) is 13.1 Å². The lowest BCUT2D eigenvalue weighted by atomic mass is 10.0. The third kappa shape index (κ3) is 2.11. The maximum Gasteiger partial charge on any atom is 0.416 e. The molecular formula is C11H9F3N2O. The van der Waals surface area contributed by atoms with Crippen molar-refractivity contribution in [2.75, 3.05) is 5.73 Å². The summed E-state index contributed by atoms with van der Waals surface area (Å²) in [5.41, 5.74) is 6.47. The first-order valence-electron chi connectivity index (χ1n) is 4.79. The number of aryl methyl sites for hydroxylation is 1. The van der Waals surface area contributed by atoms with Crippen molar-refractivity contribution in [1.82, 2.24) is 5.16 Å². The van der Waals surface area contributed by atoms with Gasteiger partial charge in [0.05, 0.1) is 16.8 Å². The Hall–Kier alpha value is -1.98. The van der Waals surface area contributed by atoms with E-state index in [0.29, 0.717) is 16.8 Å². The lowest BCUT2D eigenvalue weighted by Gasteiger charge is -2.07. The lowest BCUT2D eigenvalue weighted by Crippen LogP contribution is -2.04. The number of hydrogen-bond donors (Lipinski definition) is 1. The number of alkyl halides is 3. The van der Waals surface area contributed by atoms with E-state index in [2.05, 4.69) is 5.16 Å². The Balaban J connectivity index is 2.43. The van der Waals surface area contributed by atoms with Gasteiger partial charge in [-0.15, -0.1) is 0 Å². The average Bonchev–Trinajstić information content (AvgIpc) is 2.58. The summed E-state index contributed by atoms with van der Waals surface area (Å²) in [4.78, 5) is 0. The maximum atomic E-state index is 12.4. The van der Waals surface area contributed by atoms with Gasteiger partial charge in [0.25, 0.3) is 0 Å². The van der Waals surface area contributed by atoms with Gasteiger partial charge >= 0.3 is 6.18 Å². The molecule has 17 heavy (non-hydrogen) atoms. The molecular weight excluding hydrogens is 233 g/mol. The smallest absolute Gasteiger partial charge is 0.367 e. The minimum Gasteiger partial charge on any atom is -0.367 e. The van der Waals surface area contributed by atoms with Crippen LogP contribution < -0.4 is 5.73 Å². The molecule has 1 aromatic heterocycles. The van der Waals surface area contributed by atoms with E-state index < -0.39 is 11.7 Å². The van der Waals surface area contributed by atoms with Gasteiger partial charge in [-0.2, -0.15) is 13.2 Å². The summed E-state index contributed by atoms with van der Waals surface area (Å²) < 4.78 is 41.8. The van der Waals surface area contributed by atoms with Crippen LogP contribution in [0.25, 0.3) is 11.1 Å². The third-order valence-electron chi connectivity index (χ3n) is 2.39. The molecule has 0 bridgehead atoms. The minimum atomic E-state index is -4.34. The zero-order valence-corrected chi connectivity index (χ0v) is 8.88. The first-order chi connectivity index (χ1) is 7.89. The molecule has 0 unspecified atom stereocenters. The molecule has 2 aromatic rings. The van der Waals surface area contributed by atoms with E-state index in [1.807, 2.05) is 0 Å². The molecule has 0 aliphatic heterocycles. The second-order valence-electron chi connectivity index (χ2n) is 3.58. The van der Waals surface area contributed by atoms with Crippen LogP contribution in [-0.2, 0) is 6.18 Å². The van der Waals surface area contributed by atoms with E-state index in [1.165, 1.54) is 12.1 Å². The highest BCUT2D eigenvalue weighted by atomic mass is 19.4. The minimum absolute atomic E-state index is 0.0993. The van der Waals surface area contributed by atoms with Crippen LogP contribution in [0, 0.1) is 6.92 Å². The number of anilines is 1. The molecule has 0 atom stereocenters. The number of nitrogens with two attached hydrogens (primary N) is 1. The molecule has 2 N–H and O–H groups in total. The van der Waals surface area contributed by atoms with E-state index in [0.717, 1.165) is 12.1 Å². The van der Waals surface area contributed by atoms with Crippen molar-refractivity contribution < 1.29 is 17.7 Å². The van der Waals surface area contributed by atoms with Gasteiger partial charge in [0, 0.05) is 0 Å². The third-order valence-corrected chi connectivity index (χ3v) is 2.39. The van der Waals surface area contributed by atoms with Crippen LogP contribution in [0.2, 0.25) is 0 Å². The Morgan fingerprint density at radius 3 is 2.18 bits per heavy atom. The fourth-order valence-electron chi connectivity index (χ4n) is 1.56. The first kappa shape index (κ1) is 11.5. The number of aromatic nitrogens is 1. The molecule has 2 rings (SSSR count). The molecule has 0 spiro atoms. The predicted octanol–water partition coefficient (Wildman–Crippen LogP) is 3.25. The van der Waals surface area contributed by atoms with Gasteiger partial charge in [-0.25, -0.2) is 0 Å². The van der Waals surface area contributed by atoms with Crippen LogP contribution in [-0.4, -0.2) is 5.16 Å². The number of rotatable bonds is 1. The molecule has 90 valence electrons. The summed E-state index contributed by atoms with van der Waals surface area (Å²) in [6.07, 6.45) is -4.34. The van der Waals surface area contributed by atoms with Crippen LogP contribution in [0.4, 0.5) is 19.1 Å². The molecule has 0 saturated heterocycles. The van der Waals surface area contributed by atoms with Crippen molar-refractivity contribution in [2.24, 2.45) is 0 Å². The Morgan fingerprint density at radius 1 is 1.18 bits per heavy atom. The lowest BCUT2D eigenvalue weighted by molar-refractivity contribution is -0.137. The van der Waals surface area contributed by atoms with Crippen molar-refractivity contribution in [1.29, 1.82) is 0 Å². The number of benzene rings is 1. The standard InChI is InChI=1S/C11H9F3N2O/c1-6-9(10(15)17-16-6)7-2-4-8(5-3-7)11(12,13)14/h2-5H,15H2,1H3. The second kappa shape index (κ2) is 3.80. The predicted molar refractivity (Wildman–Crippen MR) is 56.1 cm³/mol. The van der Waals surface area contributed by atoms with Crippen molar-refractivity contribution in [3.8, 4) is 11.1 Å². The Morgan fingerprint density at radius 2 is 1.76 bits per heavy atom. The van der Waals surface area contributed by atoms with Crippen LogP contribution >= 0.6 is 0 Å². The van der Waals surface area contributed by atoms with E-state index in [1.54, 1.807) is 6.92 Å². The SMILES string of the molecule is Cc1noc(N)c1-c1ccc(C(F)(F)F)cc1. The summed E-state index contributed by atoms with van der Waals surface area (Å²) in [7, 11) is 0. The highest BCUT2D eigenvalue weighted by molar-refractivity contribution is 5.74. The van der Waals surface area contributed by atoms with Gasteiger partial charge in [-0.3, -0.25) is 0 Å². The topological polar surface area (TPSA) is 52.0 Å². The summed E-state index contributed by atoms with van der Waals surface area (Å²) in [6.45, 7) is 1.67. The van der Waals surface area contributed by atoms with Gasteiger partial charge in [-0.05, 0) is 24.6 Å². The number of halogens is 3. The monoisotopic (exact) mass is 242 g/mol. The van der Waals surface area contributed by atoms with E-state index >= 15 is 0 Å². The van der Waals surface area contributed by atoms with Gasteiger partial charge < -0.3 is 10.3 Å². The van der Waals surface area contributed by atoms with Gasteiger partial charge in [0.2, 0.25) is 5.88 Å². The zero-order chi connectivity index (χ0) is 12.6. The maximum absolute atomic E-state index is 12.4. The zero-order valence-electron chi connectivity index (χ0n) is 8.88. The first-order valence-corrected chi connectivity index (χ1v) is 4.79. The molecule has 3 nitrogen and oxygen atoms in total. The Bertz CT molecular complexity index is 509. The highest BCUT2D eigenvalue weighted by Crippen LogP contribution is 2.33. The van der Waals surface area contributed by atoms with Gasteiger partial charge in [0.1, 0.15) is 0 Å². The molecule has 0 aliphatic carbocycles. The van der Waals surface area contributed by atoms with Crippen molar-refractivity contribution in [3.05, 3.63) is 35.5 Å². The normalized spacial score (nSPS) is 11.8. The molecule has 0 saturated carbocycles. The Labute approximate surface area is 95.0 Å². The quantitative estimate of drug-likeness (QED) is 0.835. The van der Waals surface area contributed by atoms with Crippen LogP contribution in [0.1, 0.15) is 11.3 Å². The largest absolute Gasteiger partial charge is 0.416 e. The molecule has 1 heterocycles. The summed E-state index contributed by atoms with van der Waals surface area (Å²) in [5, 5.41) is 3.64. The van der Waals surface area contributed by atoms with Gasteiger partial charge in [-0.1, -0.05) is 17.3 Å². The number of nitrogens with zero attached hydrogens (tertiary/aromatic N) is 1. The average molecular weight is 242 g/mol. The fourth-order valence-corrected chi connectivity index (χ4v) is 1.56. The fraction of sp³-hybridized carbons (Fsp3) is 0.182. The molecule has 0 amide bonds. The summed E-state index contributed by atoms with van der Waals surface area (Å²) in [5.74, 6) is 0.0993. The summed E-state index contributed by atoms with van der Waals surface area (Å²) >= 11 is 0. The van der Waals surface area contributed by atoms with E-state index in [4.69, 9.17) is 10.3 Å². The summed E-state index contributed by atoms with van der Waals surface area (Å²) in [6, 6.07) is 4.69. The Kier molecular flexibility index (Phi) is 2.57. The van der Waals surface area contributed by atoms with Crippen LogP contribution in [0.3, 0.4) is 0 Å². The number of hydrogen-bond acceptors (Lipinski definition) is 3. The molecule has 1 aromatic carbocycles. The van der Waals surface area contributed by atoms with Crippen LogP contribution in [0.15, 0.2) is 28.8 Å². The van der Waals surface area contributed by atoms with Crippen molar-refractivity contribution in [3.63, 3.8) is 0 Å². The molecule has 0 aliphatic rings.